The number of aliphatic carboxylic acids is 1. The van der Waals surface area contributed by atoms with Gasteiger partial charge in [-0.15, -0.1) is 0 Å². The third kappa shape index (κ3) is 6.12. The van der Waals surface area contributed by atoms with Crippen molar-refractivity contribution in [3.8, 4) is 0 Å². The van der Waals surface area contributed by atoms with Gasteiger partial charge in [0.15, 0.2) is 0 Å². The highest BCUT2D eigenvalue weighted by molar-refractivity contribution is 5.72. The molecule has 4 nitrogen and oxygen atoms in total. The van der Waals surface area contributed by atoms with Gasteiger partial charge >= 0.3 is 5.97 Å². The SMILES string of the molecule is CCCCNCC[C@H](N)C(=O)O. The van der Waals surface area contributed by atoms with Crippen LogP contribution in [0.5, 0.6) is 0 Å². The number of carboxylic acid groups (broad SMARTS) is 1. The van der Waals surface area contributed by atoms with Gasteiger partial charge in [-0.05, 0) is 25.9 Å². The Morgan fingerprint density at radius 2 is 2.25 bits per heavy atom. The van der Waals surface area contributed by atoms with Crippen LogP contribution in [0.4, 0.5) is 0 Å². The average Bonchev–Trinajstić information content (AvgIpc) is 2.03. The van der Waals surface area contributed by atoms with E-state index in [2.05, 4.69) is 12.2 Å². The van der Waals surface area contributed by atoms with Crippen LogP contribution in [-0.4, -0.2) is 30.2 Å². The molecule has 0 aromatic heterocycles. The predicted octanol–water partition coefficient (Wildman–Crippen LogP) is 0.178. The zero-order valence-electron chi connectivity index (χ0n) is 7.55. The van der Waals surface area contributed by atoms with Crippen molar-refractivity contribution >= 4 is 5.97 Å². The minimum Gasteiger partial charge on any atom is -0.480 e. The molecule has 0 radical (unpaired) electrons. The molecular formula is C8H18N2O2. The molecule has 4 heteroatoms. The lowest BCUT2D eigenvalue weighted by atomic mass is 10.2. The van der Waals surface area contributed by atoms with Crippen LogP contribution in [0.25, 0.3) is 0 Å². The highest BCUT2D eigenvalue weighted by Gasteiger charge is 2.09. The number of nitrogens with two attached hydrogens (primary N) is 1. The van der Waals surface area contributed by atoms with E-state index in [1.54, 1.807) is 0 Å². The molecule has 0 aromatic carbocycles. The highest BCUT2D eigenvalue weighted by atomic mass is 16.4. The van der Waals surface area contributed by atoms with Gasteiger partial charge in [0, 0.05) is 0 Å². The third-order valence-electron chi connectivity index (χ3n) is 1.66. The van der Waals surface area contributed by atoms with Crippen molar-refractivity contribution in [1.82, 2.24) is 5.32 Å². The molecule has 0 amide bonds. The Hall–Kier alpha value is -0.610. The van der Waals surface area contributed by atoms with E-state index in [0.717, 1.165) is 19.4 Å². The number of rotatable bonds is 7. The molecule has 72 valence electrons. The molecule has 0 saturated carbocycles. The summed E-state index contributed by atoms with van der Waals surface area (Å²) in [6.45, 7) is 3.75. The molecule has 4 N–H and O–H groups in total. The molecule has 0 aliphatic rings. The lowest BCUT2D eigenvalue weighted by Crippen LogP contribution is -2.33. The monoisotopic (exact) mass is 174 g/mol. The Morgan fingerprint density at radius 1 is 1.58 bits per heavy atom. The largest absolute Gasteiger partial charge is 0.480 e. The third-order valence-corrected chi connectivity index (χ3v) is 1.66. The van der Waals surface area contributed by atoms with E-state index in [9.17, 15) is 4.79 Å². The topological polar surface area (TPSA) is 75.3 Å². The van der Waals surface area contributed by atoms with E-state index in [-0.39, 0.29) is 0 Å². The van der Waals surface area contributed by atoms with Crippen LogP contribution in [0.15, 0.2) is 0 Å². The molecule has 0 aliphatic heterocycles. The molecule has 0 bridgehead atoms. The minimum absolute atomic E-state index is 0.499. The summed E-state index contributed by atoms with van der Waals surface area (Å²) in [5, 5.41) is 11.6. The Kier molecular flexibility index (Phi) is 6.70. The van der Waals surface area contributed by atoms with Crippen molar-refractivity contribution in [1.29, 1.82) is 0 Å². The Balaban J connectivity index is 3.14. The molecule has 0 unspecified atom stereocenters. The smallest absolute Gasteiger partial charge is 0.320 e. The van der Waals surface area contributed by atoms with Crippen molar-refractivity contribution in [3.63, 3.8) is 0 Å². The summed E-state index contributed by atoms with van der Waals surface area (Å²) in [7, 11) is 0. The number of hydrogen-bond acceptors (Lipinski definition) is 3. The molecule has 12 heavy (non-hydrogen) atoms. The summed E-state index contributed by atoms with van der Waals surface area (Å²) in [5.74, 6) is -0.924. The van der Waals surface area contributed by atoms with E-state index >= 15 is 0 Å². The van der Waals surface area contributed by atoms with Crippen LogP contribution in [0.1, 0.15) is 26.2 Å². The fourth-order valence-electron chi connectivity index (χ4n) is 0.808. The Bertz CT molecular complexity index is 128. The van der Waals surface area contributed by atoms with Gasteiger partial charge in [0.2, 0.25) is 0 Å². The Morgan fingerprint density at radius 3 is 2.75 bits per heavy atom. The molecule has 0 saturated heterocycles. The van der Waals surface area contributed by atoms with Crippen molar-refractivity contribution in [2.45, 2.75) is 32.2 Å². The van der Waals surface area contributed by atoms with E-state index < -0.39 is 12.0 Å². The van der Waals surface area contributed by atoms with Gasteiger partial charge in [0.1, 0.15) is 6.04 Å². The fourth-order valence-corrected chi connectivity index (χ4v) is 0.808. The van der Waals surface area contributed by atoms with Gasteiger partial charge in [-0.3, -0.25) is 4.79 Å². The van der Waals surface area contributed by atoms with Gasteiger partial charge < -0.3 is 16.2 Å². The molecule has 0 rings (SSSR count). The molecule has 0 spiro atoms. The predicted molar refractivity (Wildman–Crippen MR) is 48.0 cm³/mol. The second kappa shape index (κ2) is 7.06. The fraction of sp³-hybridized carbons (Fsp3) is 0.875. The van der Waals surface area contributed by atoms with E-state index in [4.69, 9.17) is 10.8 Å². The van der Waals surface area contributed by atoms with Crippen molar-refractivity contribution in [2.24, 2.45) is 5.73 Å². The molecular weight excluding hydrogens is 156 g/mol. The lowest BCUT2D eigenvalue weighted by Gasteiger charge is -2.06. The average molecular weight is 174 g/mol. The van der Waals surface area contributed by atoms with E-state index in [0.29, 0.717) is 13.0 Å². The Labute approximate surface area is 73.1 Å². The quantitative estimate of drug-likeness (QED) is 0.481. The second-order valence-electron chi connectivity index (χ2n) is 2.84. The number of unbranched alkanes of at least 4 members (excludes halogenated alkanes) is 1. The first-order chi connectivity index (χ1) is 5.68. The zero-order chi connectivity index (χ0) is 9.40. The lowest BCUT2D eigenvalue weighted by molar-refractivity contribution is -0.138. The van der Waals surface area contributed by atoms with Crippen molar-refractivity contribution in [3.05, 3.63) is 0 Å². The van der Waals surface area contributed by atoms with Crippen LogP contribution in [0.3, 0.4) is 0 Å². The first-order valence-electron chi connectivity index (χ1n) is 4.37. The summed E-state index contributed by atoms with van der Waals surface area (Å²) < 4.78 is 0. The molecule has 0 fully saturated rings. The molecule has 0 aromatic rings. The second-order valence-corrected chi connectivity index (χ2v) is 2.84. The summed E-state index contributed by atoms with van der Waals surface area (Å²) in [5.41, 5.74) is 5.29. The van der Waals surface area contributed by atoms with Crippen LogP contribution in [0.2, 0.25) is 0 Å². The van der Waals surface area contributed by atoms with Gasteiger partial charge in [0.25, 0.3) is 0 Å². The maximum atomic E-state index is 10.3. The standard InChI is InChI=1S/C8H18N2O2/c1-2-3-5-10-6-4-7(9)8(11)12/h7,10H,2-6,9H2,1H3,(H,11,12)/t7-/m0/s1. The normalized spacial score (nSPS) is 12.8. The number of nitrogens with one attached hydrogen (secondary N) is 1. The van der Waals surface area contributed by atoms with Crippen molar-refractivity contribution < 1.29 is 9.90 Å². The van der Waals surface area contributed by atoms with Crippen LogP contribution in [-0.2, 0) is 4.79 Å². The summed E-state index contributed by atoms with van der Waals surface area (Å²) >= 11 is 0. The van der Waals surface area contributed by atoms with Crippen LogP contribution in [0, 0.1) is 0 Å². The molecule has 1 atom stereocenters. The maximum absolute atomic E-state index is 10.3. The van der Waals surface area contributed by atoms with Gasteiger partial charge in [-0.2, -0.15) is 0 Å². The molecule has 0 heterocycles. The van der Waals surface area contributed by atoms with Gasteiger partial charge in [-0.25, -0.2) is 0 Å². The van der Waals surface area contributed by atoms with Gasteiger partial charge in [-0.1, -0.05) is 13.3 Å². The first kappa shape index (κ1) is 11.4. The zero-order valence-corrected chi connectivity index (χ0v) is 7.55. The minimum atomic E-state index is -0.924. The van der Waals surface area contributed by atoms with Crippen LogP contribution < -0.4 is 11.1 Å². The molecule has 0 aliphatic carbocycles. The van der Waals surface area contributed by atoms with Gasteiger partial charge in [0.05, 0.1) is 0 Å². The summed E-state index contributed by atoms with van der Waals surface area (Å²) in [4.78, 5) is 10.3. The van der Waals surface area contributed by atoms with Crippen molar-refractivity contribution in [2.75, 3.05) is 13.1 Å². The summed E-state index contributed by atoms with van der Waals surface area (Å²) in [6, 6.07) is -0.723. The van der Waals surface area contributed by atoms with E-state index in [1.165, 1.54) is 0 Å². The first-order valence-corrected chi connectivity index (χ1v) is 4.37. The van der Waals surface area contributed by atoms with E-state index in [1.807, 2.05) is 0 Å². The maximum Gasteiger partial charge on any atom is 0.320 e. The number of hydrogen-bond donors (Lipinski definition) is 3. The van der Waals surface area contributed by atoms with Crippen LogP contribution >= 0.6 is 0 Å². The highest BCUT2D eigenvalue weighted by Crippen LogP contribution is 1.87. The number of carbonyl (C=O) groups is 1. The summed E-state index contributed by atoms with van der Waals surface area (Å²) in [6.07, 6.45) is 2.78. The number of carboxylic acids is 1.